The van der Waals surface area contributed by atoms with Gasteiger partial charge >= 0.3 is 0 Å². The van der Waals surface area contributed by atoms with E-state index in [-0.39, 0.29) is 10.7 Å². The van der Waals surface area contributed by atoms with Gasteiger partial charge in [0.2, 0.25) is 0 Å². The first kappa shape index (κ1) is 14.3. The molecule has 0 saturated heterocycles. The second kappa shape index (κ2) is 5.65. The highest BCUT2D eigenvalue weighted by Crippen LogP contribution is 2.29. The highest BCUT2D eigenvalue weighted by atomic mass is 35.5. The van der Waals surface area contributed by atoms with Gasteiger partial charge in [0.05, 0.1) is 16.4 Å². The fourth-order valence-electron chi connectivity index (χ4n) is 2.01. The third-order valence-corrected chi connectivity index (χ3v) is 3.37. The first-order chi connectivity index (χ1) is 10.5. The predicted molar refractivity (Wildman–Crippen MR) is 79.5 cm³/mol. The zero-order valence-corrected chi connectivity index (χ0v) is 11.9. The molecule has 0 spiro atoms. The fraction of sp³-hybridized carbons (Fsp3) is 0.0667. The van der Waals surface area contributed by atoms with E-state index in [0.717, 1.165) is 12.1 Å². The molecule has 3 rings (SSSR count). The zero-order valence-electron chi connectivity index (χ0n) is 11.1. The zero-order chi connectivity index (χ0) is 15.7. The van der Waals surface area contributed by atoms with Gasteiger partial charge < -0.3 is 15.4 Å². The molecule has 2 aromatic carbocycles. The van der Waals surface area contributed by atoms with Crippen LogP contribution < -0.4 is 15.4 Å². The highest BCUT2D eigenvalue weighted by molar-refractivity contribution is 6.34. The lowest BCUT2D eigenvalue weighted by molar-refractivity contribution is -0.133. The van der Waals surface area contributed by atoms with Crippen molar-refractivity contribution < 1.29 is 18.7 Å². The largest absolute Gasteiger partial charge is 0.468 e. The maximum absolute atomic E-state index is 13.0. The lowest BCUT2D eigenvalue weighted by atomic mass is 10.2. The lowest BCUT2D eigenvalue weighted by Crippen LogP contribution is -2.45. The SMILES string of the molecule is O=C(Nc1ccc(F)cc1Cl)[C@@H]1Oc2ccccc2NC1=O. The summed E-state index contributed by atoms with van der Waals surface area (Å²) in [5.41, 5.74) is 0.694. The van der Waals surface area contributed by atoms with Crippen molar-refractivity contribution in [3.05, 3.63) is 53.3 Å². The van der Waals surface area contributed by atoms with Gasteiger partial charge in [-0.2, -0.15) is 0 Å². The molecule has 0 saturated carbocycles. The normalized spacial score (nSPS) is 16.3. The average Bonchev–Trinajstić information content (AvgIpc) is 2.49. The molecule has 0 aromatic heterocycles. The van der Waals surface area contributed by atoms with Gasteiger partial charge in [-0.3, -0.25) is 9.59 Å². The molecule has 112 valence electrons. The summed E-state index contributed by atoms with van der Waals surface area (Å²) in [5.74, 6) is -1.41. The van der Waals surface area contributed by atoms with Crippen molar-refractivity contribution in [1.29, 1.82) is 0 Å². The molecular formula is C15H10ClFN2O3. The van der Waals surface area contributed by atoms with Gasteiger partial charge in [-0.15, -0.1) is 0 Å². The van der Waals surface area contributed by atoms with Gasteiger partial charge in [0.25, 0.3) is 17.9 Å². The molecule has 0 radical (unpaired) electrons. The van der Waals surface area contributed by atoms with Crippen LogP contribution in [0.4, 0.5) is 15.8 Å². The van der Waals surface area contributed by atoms with Crippen molar-refractivity contribution in [1.82, 2.24) is 0 Å². The first-order valence-corrected chi connectivity index (χ1v) is 6.75. The molecule has 1 heterocycles. The topological polar surface area (TPSA) is 67.4 Å². The number of hydrogen-bond donors (Lipinski definition) is 2. The number of hydrogen-bond acceptors (Lipinski definition) is 3. The summed E-state index contributed by atoms with van der Waals surface area (Å²) in [6.07, 6.45) is -1.35. The summed E-state index contributed by atoms with van der Waals surface area (Å²) in [4.78, 5) is 24.1. The van der Waals surface area contributed by atoms with E-state index in [2.05, 4.69) is 10.6 Å². The van der Waals surface area contributed by atoms with Crippen molar-refractivity contribution in [2.24, 2.45) is 0 Å². The minimum Gasteiger partial charge on any atom is -0.468 e. The Bertz CT molecular complexity index is 766. The van der Waals surface area contributed by atoms with Crippen LogP contribution in [0.1, 0.15) is 0 Å². The summed E-state index contributed by atoms with van der Waals surface area (Å²) in [5, 5.41) is 5.06. The summed E-state index contributed by atoms with van der Waals surface area (Å²) >= 11 is 5.83. The molecule has 0 aliphatic carbocycles. The van der Waals surface area contributed by atoms with E-state index in [0.29, 0.717) is 11.4 Å². The molecule has 1 atom stereocenters. The standard InChI is InChI=1S/C15H10ClFN2O3/c16-9-7-8(17)5-6-10(9)18-14(20)13-15(21)19-11-3-1-2-4-12(11)22-13/h1-7,13H,(H,18,20)(H,19,21)/t13-/m0/s1. The van der Waals surface area contributed by atoms with E-state index >= 15 is 0 Å². The number of nitrogens with one attached hydrogen (secondary N) is 2. The van der Waals surface area contributed by atoms with Crippen LogP contribution in [0.3, 0.4) is 0 Å². The van der Waals surface area contributed by atoms with Crippen LogP contribution >= 0.6 is 11.6 Å². The summed E-state index contributed by atoms with van der Waals surface area (Å²) < 4.78 is 18.4. The molecule has 0 unspecified atom stereocenters. The number of anilines is 2. The molecule has 1 aliphatic rings. The second-order valence-electron chi connectivity index (χ2n) is 4.60. The number of para-hydroxylation sites is 2. The molecule has 22 heavy (non-hydrogen) atoms. The number of amides is 2. The van der Waals surface area contributed by atoms with Crippen LogP contribution in [0.25, 0.3) is 0 Å². The molecule has 2 amide bonds. The minimum atomic E-state index is -1.35. The number of ether oxygens (including phenoxy) is 1. The van der Waals surface area contributed by atoms with Crippen molar-refractivity contribution >= 4 is 34.8 Å². The van der Waals surface area contributed by atoms with E-state index < -0.39 is 23.7 Å². The Hall–Kier alpha value is -2.60. The Labute approximate surface area is 130 Å². The van der Waals surface area contributed by atoms with Crippen molar-refractivity contribution in [3.8, 4) is 5.75 Å². The van der Waals surface area contributed by atoms with E-state index in [4.69, 9.17) is 16.3 Å². The number of halogens is 2. The Kier molecular flexibility index (Phi) is 3.68. The van der Waals surface area contributed by atoms with Crippen LogP contribution in [-0.2, 0) is 9.59 Å². The highest BCUT2D eigenvalue weighted by Gasteiger charge is 2.34. The predicted octanol–water partition coefficient (Wildman–Crippen LogP) is 2.82. The van der Waals surface area contributed by atoms with Gasteiger partial charge in [-0.25, -0.2) is 4.39 Å². The lowest BCUT2D eigenvalue weighted by Gasteiger charge is -2.25. The maximum Gasteiger partial charge on any atom is 0.275 e. The van der Waals surface area contributed by atoms with Crippen molar-refractivity contribution in [2.45, 2.75) is 6.10 Å². The number of benzene rings is 2. The molecule has 7 heteroatoms. The number of fused-ring (bicyclic) bond motifs is 1. The Morgan fingerprint density at radius 3 is 2.82 bits per heavy atom. The molecule has 2 aromatic rings. The Balaban J connectivity index is 1.79. The van der Waals surface area contributed by atoms with Crippen molar-refractivity contribution in [2.75, 3.05) is 10.6 Å². The molecule has 0 fully saturated rings. The molecule has 0 bridgehead atoms. The molecule has 5 nitrogen and oxygen atoms in total. The molecule has 2 N–H and O–H groups in total. The monoisotopic (exact) mass is 320 g/mol. The molecule has 1 aliphatic heterocycles. The first-order valence-electron chi connectivity index (χ1n) is 6.37. The van der Waals surface area contributed by atoms with Crippen molar-refractivity contribution in [3.63, 3.8) is 0 Å². The number of carbonyl (C=O) groups is 2. The summed E-state index contributed by atoms with van der Waals surface area (Å²) in [6, 6.07) is 10.3. The average molecular weight is 321 g/mol. The smallest absolute Gasteiger partial charge is 0.275 e. The number of rotatable bonds is 2. The van der Waals surface area contributed by atoms with Crippen LogP contribution in [0, 0.1) is 5.82 Å². The summed E-state index contributed by atoms with van der Waals surface area (Å²) in [6.45, 7) is 0. The van der Waals surface area contributed by atoms with Crippen LogP contribution in [0.2, 0.25) is 5.02 Å². The van der Waals surface area contributed by atoms with E-state index in [9.17, 15) is 14.0 Å². The minimum absolute atomic E-state index is 0.0324. The quantitative estimate of drug-likeness (QED) is 0.836. The maximum atomic E-state index is 13.0. The van der Waals surface area contributed by atoms with Gasteiger partial charge in [-0.05, 0) is 30.3 Å². The third-order valence-electron chi connectivity index (χ3n) is 3.06. The summed E-state index contributed by atoms with van der Waals surface area (Å²) in [7, 11) is 0. The van der Waals surface area contributed by atoms with E-state index in [1.165, 1.54) is 6.07 Å². The molecular weight excluding hydrogens is 311 g/mol. The number of carbonyl (C=O) groups excluding carboxylic acids is 2. The third kappa shape index (κ3) is 2.73. The Morgan fingerprint density at radius 2 is 2.05 bits per heavy atom. The van der Waals surface area contributed by atoms with Gasteiger partial charge in [-0.1, -0.05) is 23.7 Å². The van der Waals surface area contributed by atoms with Crippen LogP contribution in [0.15, 0.2) is 42.5 Å². The van der Waals surface area contributed by atoms with Gasteiger partial charge in [0.1, 0.15) is 11.6 Å². The van der Waals surface area contributed by atoms with Gasteiger partial charge in [0.15, 0.2) is 0 Å². The van der Waals surface area contributed by atoms with Crippen LogP contribution in [-0.4, -0.2) is 17.9 Å². The van der Waals surface area contributed by atoms with E-state index in [1.807, 2.05) is 0 Å². The second-order valence-corrected chi connectivity index (χ2v) is 5.00. The Morgan fingerprint density at radius 1 is 1.27 bits per heavy atom. The van der Waals surface area contributed by atoms with Gasteiger partial charge in [0, 0.05) is 0 Å². The fourth-order valence-corrected chi connectivity index (χ4v) is 2.23. The van der Waals surface area contributed by atoms with Crippen LogP contribution in [0.5, 0.6) is 5.75 Å². The van der Waals surface area contributed by atoms with E-state index in [1.54, 1.807) is 24.3 Å².